The van der Waals surface area contributed by atoms with Crippen LogP contribution in [-0.2, 0) is 4.79 Å². The quantitative estimate of drug-likeness (QED) is 0.757. The molecule has 0 aromatic carbocycles. The minimum absolute atomic E-state index is 0.0601. The van der Waals surface area contributed by atoms with E-state index in [0.29, 0.717) is 13.0 Å². The zero-order valence-electron chi connectivity index (χ0n) is 9.89. The van der Waals surface area contributed by atoms with Gasteiger partial charge in [0, 0.05) is 19.7 Å². The first-order chi connectivity index (χ1) is 8.61. The highest BCUT2D eigenvalue weighted by Crippen LogP contribution is 2.20. The van der Waals surface area contributed by atoms with E-state index in [-0.39, 0.29) is 17.5 Å². The van der Waals surface area contributed by atoms with Crippen molar-refractivity contribution in [3.05, 3.63) is 17.7 Å². The fraction of sp³-hybridized carbons (Fsp3) is 0.455. The average Bonchev–Trinajstić information content (AvgIpc) is 2.35. The van der Waals surface area contributed by atoms with Gasteiger partial charge in [0.15, 0.2) is 23.3 Å². The fourth-order valence-corrected chi connectivity index (χ4v) is 1.82. The minimum Gasteiger partial charge on any atom is -0.371 e. The fourth-order valence-electron chi connectivity index (χ4n) is 1.82. The lowest BCUT2D eigenvalue weighted by Gasteiger charge is -2.23. The second-order valence-electron chi connectivity index (χ2n) is 4.03. The third kappa shape index (κ3) is 2.49. The molecule has 0 bridgehead atoms. The van der Waals surface area contributed by atoms with E-state index in [1.54, 1.807) is 0 Å². The summed E-state index contributed by atoms with van der Waals surface area (Å²) in [5, 5.41) is 7.88. The van der Waals surface area contributed by atoms with Gasteiger partial charge in [-0.05, 0) is 12.8 Å². The molecule has 0 radical (unpaired) electrons. The number of halogens is 2. The number of pyridine rings is 1. The Balaban J connectivity index is 2.20. The lowest BCUT2D eigenvalue weighted by Crippen LogP contribution is -2.44. The summed E-state index contributed by atoms with van der Waals surface area (Å²) >= 11 is 0. The lowest BCUT2D eigenvalue weighted by molar-refractivity contribution is -0.123. The van der Waals surface area contributed by atoms with Crippen molar-refractivity contribution in [1.82, 2.24) is 10.3 Å². The molecule has 2 heterocycles. The van der Waals surface area contributed by atoms with Gasteiger partial charge in [-0.15, -0.1) is 0 Å². The van der Waals surface area contributed by atoms with Gasteiger partial charge in [-0.3, -0.25) is 4.79 Å². The standard InChI is InChI=1S/C11H14F2N4O/c1-14-9-6(12)5-7(13)10(17-9)16-8-3-2-4-15-11(8)18/h5,8H,2-4H2,1H3,(H,15,18)(H2,14,16,17). The number of hydrogen-bond donors (Lipinski definition) is 3. The van der Waals surface area contributed by atoms with Gasteiger partial charge in [-0.2, -0.15) is 0 Å². The number of carbonyl (C=O) groups is 1. The Hall–Kier alpha value is -1.92. The van der Waals surface area contributed by atoms with E-state index in [1.807, 2.05) is 0 Å². The normalized spacial score (nSPS) is 19.3. The number of aromatic nitrogens is 1. The Morgan fingerprint density at radius 3 is 2.78 bits per heavy atom. The zero-order chi connectivity index (χ0) is 13.1. The van der Waals surface area contributed by atoms with Crippen molar-refractivity contribution in [2.45, 2.75) is 18.9 Å². The molecule has 7 heteroatoms. The highest BCUT2D eigenvalue weighted by molar-refractivity contribution is 5.85. The second kappa shape index (κ2) is 5.16. The summed E-state index contributed by atoms with van der Waals surface area (Å²) in [7, 11) is 1.49. The first kappa shape index (κ1) is 12.5. The molecule has 1 aromatic rings. The number of piperidine rings is 1. The van der Waals surface area contributed by atoms with Crippen LogP contribution in [0.25, 0.3) is 0 Å². The number of carbonyl (C=O) groups excluding carboxylic acids is 1. The summed E-state index contributed by atoms with van der Waals surface area (Å²) in [5.41, 5.74) is 0. The zero-order valence-corrected chi connectivity index (χ0v) is 9.89. The van der Waals surface area contributed by atoms with Crippen molar-refractivity contribution >= 4 is 17.5 Å². The molecule has 98 valence electrons. The van der Waals surface area contributed by atoms with Crippen LogP contribution < -0.4 is 16.0 Å². The number of hydrogen-bond acceptors (Lipinski definition) is 4. The van der Waals surface area contributed by atoms with Gasteiger partial charge in [0.2, 0.25) is 5.91 Å². The summed E-state index contributed by atoms with van der Waals surface area (Å²) in [6, 6.07) is 0.206. The van der Waals surface area contributed by atoms with Crippen molar-refractivity contribution in [3.63, 3.8) is 0 Å². The molecule has 2 rings (SSSR count). The van der Waals surface area contributed by atoms with Crippen molar-refractivity contribution < 1.29 is 13.6 Å². The number of nitrogens with zero attached hydrogens (tertiary/aromatic N) is 1. The van der Waals surface area contributed by atoms with Gasteiger partial charge in [0.25, 0.3) is 0 Å². The maximum absolute atomic E-state index is 13.5. The van der Waals surface area contributed by atoms with Crippen molar-refractivity contribution in [3.8, 4) is 0 Å². The Labute approximate surface area is 103 Å². The van der Waals surface area contributed by atoms with Crippen molar-refractivity contribution in [2.24, 2.45) is 0 Å². The van der Waals surface area contributed by atoms with Crippen LogP contribution in [0.3, 0.4) is 0 Å². The van der Waals surface area contributed by atoms with E-state index < -0.39 is 17.7 Å². The molecular weight excluding hydrogens is 242 g/mol. The highest BCUT2D eigenvalue weighted by Gasteiger charge is 2.23. The number of nitrogens with one attached hydrogen (secondary N) is 3. The predicted molar refractivity (Wildman–Crippen MR) is 63.4 cm³/mol. The Morgan fingerprint density at radius 2 is 2.11 bits per heavy atom. The van der Waals surface area contributed by atoms with E-state index in [2.05, 4.69) is 20.9 Å². The molecule has 5 nitrogen and oxygen atoms in total. The van der Waals surface area contributed by atoms with Crippen LogP contribution in [0, 0.1) is 11.6 Å². The predicted octanol–water partition coefficient (Wildman–Crippen LogP) is 1.09. The number of rotatable bonds is 3. The summed E-state index contributed by atoms with van der Waals surface area (Å²) in [5.74, 6) is -1.96. The number of amides is 1. The van der Waals surface area contributed by atoms with Crippen LogP contribution >= 0.6 is 0 Å². The van der Waals surface area contributed by atoms with Gasteiger partial charge in [-0.1, -0.05) is 0 Å². The molecule has 18 heavy (non-hydrogen) atoms. The molecule has 1 amide bonds. The van der Waals surface area contributed by atoms with Crippen molar-refractivity contribution in [1.29, 1.82) is 0 Å². The summed E-state index contributed by atoms with van der Waals surface area (Å²) in [4.78, 5) is 15.3. The van der Waals surface area contributed by atoms with Gasteiger partial charge in [0.05, 0.1) is 0 Å². The summed E-state index contributed by atoms with van der Waals surface area (Å²) < 4.78 is 26.7. The van der Waals surface area contributed by atoms with Gasteiger partial charge in [-0.25, -0.2) is 13.8 Å². The molecule has 1 saturated heterocycles. The van der Waals surface area contributed by atoms with E-state index in [0.717, 1.165) is 12.5 Å². The van der Waals surface area contributed by atoms with Gasteiger partial charge in [0.1, 0.15) is 6.04 Å². The molecule has 1 aliphatic heterocycles. The molecular formula is C11H14F2N4O. The van der Waals surface area contributed by atoms with Crippen LogP contribution in [0.2, 0.25) is 0 Å². The monoisotopic (exact) mass is 256 g/mol. The molecule has 0 spiro atoms. The maximum Gasteiger partial charge on any atom is 0.242 e. The topological polar surface area (TPSA) is 66.1 Å². The molecule has 1 atom stereocenters. The molecule has 1 aromatic heterocycles. The van der Waals surface area contributed by atoms with E-state index in [1.165, 1.54) is 7.05 Å². The van der Waals surface area contributed by atoms with Crippen molar-refractivity contribution in [2.75, 3.05) is 24.2 Å². The van der Waals surface area contributed by atoms with E-state index in [4.69, 9.17) is 0 Å². The Morgan fingerprint density at radius 1 is 1.39 bits per heavy atom. The smallest absolute Gasteiger partial charge is 0.242 e. The molecule has 0 saturated carbocycles. The Bertz CT molecular complexity index is 467. The summed E-state index contributed by atoms with van der Waals surface area (Å²) in [6.07, 6.45) is 1.41. The molecule has 1 fully saturated rings. The molecule has 3 N–H and O–H groups in total. The first-order valence-electron chi connectivity index (χ1n) is 5.70. The van der Waals surface area contributed by atoms with Gasteiger partial charge >= 0.3 is 0 Å². The molecule has 0 aliphatic carbocycles. The maximum atomic E-state index is 13.5. The lowest BCUT2D eigenvalue weighted by atomic mass is 10.1. The first-order valence-corrected chi connectivity index (χ1v) is 5.70. The van der Waals surface area contributed by atoms with E-state index in [9.17, 15) is 13.6 Å². The molecule has 1 aliphatic rings. The van der Waals surface area contributed by atoms with E-state index >= 15 is 0 Å². The van der Waals surface area contributed by atoms with Crippen LogP contribution in [0.5, 0.6) is 0 Å². The van der Waals surface area contributed by atoms with Crippen LogP contribution in [-0.4, -0.2) is 30.5 Å². The highest BCUT2D eigenvalue weighted by atomic mass is 19.1. The van der Waals surface area contributed by atoms with Crippen LogP contribution in [0.1, 0.15) is 12.8 Å². The van der Waals surface area contributed by atoms with Gasteiger partial charge < -0.3 is 16.0 Å². The average molecular weight is 256 g/mol. The Kier molecular flexibility index (Phi) is 3.59. The second-order valence-corrected chi connectivity index (χ2v) is 4.03. The third-order valence-electron chi connectivity index (χ3n) is 2.76. The SMILES string of the molecule is CNc1nc(NC2CCCNC2=O)c(F)cc1F. The minimum atomic E-state index is -0.815. The number of anilines is 2. The van der Waals surface area contributed by atoms with Crippen LogP contribution in [0.4, 0.5) is 20.4 Å². The largest absolute Gasteiger partial charge is 0.371 e. The third-order valence-corrected chi connectivity index (χ3v) is 2.76. The summed E-state index contributed by atoms with van der Waals surface area (Å²) in [6.45, 7) is 0.623. The van der Waals surface area contributed by atoms with Crippen LogP contribution in [0.15, 0.2) is 6.07 Å². The molecule has 1 unspecified atom stereocenters.